The van der Waals surface area contributed by atoms with Crippen molar-refractivity contribution in [3.05, 3.63) is 130 Å². The monoisotopic (exact) mass is 1370 g/mol. The van der Waals surface area contributed by atoms with Gasteiger partial charge < -0.3 is 49.0 Å². The Bertz CT molecular complexity index is 3590. The van der Waals surface area contributed by atoms with Gasteiger partial charge in [0.2, 0.25) is 54.3 Å². The van der Waals surface area contributed by atoms with Gasteiger partial charge >= 0.3 is 0 Å². The zero-order valence-corrected chi connectivity index (χ0v) is 67.3. The normalized spacial score (nSPS) is 12.4. The Labute approximate surface area is 590 Å². The Morgan fingerprint density at radius 2 is 0.439 bits per heavy atom. The van der Waals surface area contributed by atoms with E-state index in [1.165, 1.54) is 0 Å². The second-order valence-corrected chi connectivity index (χ2v) is 32.5. The second kappa shape index (κ2) is 39.4. The number of hydrogen-bond acceptors (Lipinski definition) is 20. The Morgan fingerprint density at radius 3 is 0.643 bits per heavy atom. The van der Waals surface area contributed by atoms with Gasteiger partial charge in [0.05, 0.1) is 28.4 Å². The third-order valence-electron chi connectivity index (χ3n) is 18.2. The van der Waals surface area contributed by atoms with Gasteiger partial charge in [0.25, 0.3) is 0 Å². The SMILES string of the molecule is CCCN(C)CCCN(C)c1c(C(C)(C)C)c(=O)c1=O.CCCN(CC)CCCN(C)c1c(C(C)(C)C)c(=O)c1=O.CCN(C)CCCN(C)c1c(C(C)(C)C)c(=O)c1=O.CCN(CC)CCCN(C)c1c(C(C)(C)C)c(=O)c1=O.CN(C)CCCN(C)c1c(C(C)(C)C)c(=O)c1=O. The van der Waals surface area contributed by atoms with Gasteiger partial charge in [-0.2, -0.15) is 0 Å². The van der Waals surface area contributed by atoms with E-state index < -0.39 is 0 Å². The highest BCUT2D eigenvalue weighted by Crippen LogP contribution is 2.32. The molecule has 0 aliphatic carbocycles. The van der Waals surface area contributed by atoms with E-state index in [-0.39, 0.29) is 81.4 Å². The van der Waals surface area contributed by atoms with E-state index in [0.29, 0.717) is 56.3 Å². The number of hydrogen-bond donors (Lipinski definition) is 0. The quantitative estimate of drug-likeness (QED) is 0.0366. The molecule has 0 unspecified atom stereocenters. The fraction of sp³-hybridized carbons (Fsp3) is 0.744. The van der Waals surface area contributed by atoms with Gasteiger partial charge in [-0.05, 0) is 172 Å². The molecule has 0 aliphatic rings. The minimum atomic E-state index is -0.327. The molecule has 0 spiro atoms. The lowest BCUT2D eigenvalue weighted by atomic mass is 9.82. The number of nitrogens with zero attached hydrogens (tertiary/aromatic N) is 10. The van der Waals surface area contributed by atoms with Crippen molar-refractivity contribution in [2.75, 3.05) is 193 Å². The lowest BCUT2D eigenvalue weighted by Gasteiger charge is -2.30. The van der Waals surface area contributed by atoms with Crippen molar-refractivity contribution in [1.29, 1.82) is 0 Å². The average molecular weight is 1370 g/mol. The molecular weight excluding hydrogens is 1240 g/mol. The smallest absolute Gasteiger partial charge is 0.249 e. The molecule has 0 aromatic heterocycles. The molecule has 98 heavy (non-hydrogen) atoms. The maximum atomic E-state index is 11.9. The summed E-state index contributed by atoms with van der Waals surface area (Å²) in [5.41, 5.74) is 2.15. The predicted octanol–water partition coefficient (Wildman–Crippen LogP) is 7.96. The first-order valence-corrected chi connectivity index (χ1v) is 36.2. The molecule has 0 bridgehead atoms. The highest BCUT2D eigenvalue weighted by Gasteiger charge is 2.36. The summed E-state index contributed by atoms with van der Waals surface area (Å²) in [7, 11) is 17.8. The van der Waals surface area contributed by atoms with Crippen molar-refractivity contribution in [3.8, 4) is 0 Å². The Hall–Kier alpha value is -5.80. The largest absolute Gasteiger partial charge is 0.371 e. The molecule has 0 amide bonds. The fourth-order valence-corrected chi connectivity index (χ4v) is 12.5. The first-order chi connectivity index (χ1) is 45.0. The average Bonchev–Trinajstić information content (AvgIpc) is 0.786. The van der Waals surface area contributed by atoms with E-state index >= 15 is 0 Å². The Kier molecular flexibility index (Phi) is 36.3. The van der Waals surface area contributed by atoms with Crippen LogP contribution in [0.15, 0.2) is 47.9 Å². The third kappa shape index (κ3) is 25.4. The lowest BCUT2D eigenvalue weighted by molar-refractivity contribution is 0.286. The minimum Gasteiger partial charge on any atom is -0.371 e. The lowest BCUT2D eigenvalue weighted by Crippen LogP contribution is -2.47. The molecule has 5 aromatic carbocycles. The number of anilines is 5. The second-order valence-electron chi connectivity index (χ2n) is 32.5. The third-order valence-corrected chi connectivity index (χ3v) is 18.2. The summed E-state index contributed by atoms with van der Waals surface area (Å²) < 4.78 is 0. The van der Waals surface area contributed by atoms with Crippen LogP contribution in [0.1, 0.15) is 218 Å². The Morgan fingerprint density at radius 1 is 0.224 bits per heavy atom. The van der Waals surface area contributed by atoms with E-state index in [9.17, 15) is 47.9 Å². The highest BCUT2D eigenvalue weighted by molar-refractivity contribution is 5.64. The number of rotatable bonds is 33. The molecule has 20 heteroatoms. The first-order valence-electron chi connectivity index (χ1n) is 36.2. The zero-order valence-electron chi connectivity index (χ0n) is 67.3. The standard InChI is InChI=1S/C17H30N2O2.2C16H28N2O2.C15H26N2O2.C14H24N2O2/c1-7-10-19(8-2)12-9-11-18(6)14-13(17(3,4)5)15(20)16(14)21;1-7-9-17(5)10-8-11-18(6)13-12(16(2,3)4)14(19)15(13)20;1-7-18(8-2)11-9-10-17(6)13-12(16(3,4)5)14(19)15(13)20;1-7-16(5)9-8-10-17(6)12-11(15(2,3)4)13(18)14(12)19;1-14(2,3)10-11(13(18)12(10)17)16(6)9-7-8-15(4)5/h7-12H2,1-6H3;2*7-11H2,1-6H3;7-10H2,1-6H3;7-9H2,1-6H3. The van der Waals surface area contributed by atoms with Crippen molar-refractivity contribution in [3.63, 3.8) is 0 Å². The molecule has 558 valence electrons. The topological polar surface area (TPSA) is 203 Å². The van der Waals surface area contributed by atoms with Gasteiger partial charge in [0, 0.05) is 95.8 Å². The molecule has 0 fully saturated rings. The van der Waals surface area contributed by atoms with Gasteiger partial charge in [-0.1, -0.05) is 145 Å². The van der Waals surface area contributed by atoms with Crippen LogP contribution < -0.4 is 78.8 Å². The van der Waals surface area contributed by atoms with Gasteiger partial charge in [-0.3, -0.25) is 47.9 Å². The molecule has 5 rings (SSSR count). The molecule has 5 aromatic rings. The van der Waals surface area contributed by atoms with E-state index in [0.717, 1.165) is 150 Å². The van der Waals surface area contributed by atoms with E-state index in [4.69, 9.17) is 0 Å². The van der Waals surface area contributed by atoms with E-state index in [2.05, 4.69) is 80.1 Å². The maximum Gasteiger partial charge on any atom is 0.249 e. The van der Waals surface area contributed by atoms with E-state index in [1.807, 2.05) is 178 Å². The van der Waals surface area contributed by atoms with Crippen LogP contribution in [0.25, 0.3) is 0 Å². The molecular formula is C78H136N10O10. The molecule has 0 heterocycles. The molecule has 0 aliphatic heterocycles. The molecule has 0 radical (unpaired) electrons. The van der Waals surface area contributed by atoms with Crippen LogP contribution in [0.5, 0.6) is 0 Å². The summed E-state index contributed by atoms with van der Waals surface area (Å²) in [6, 6.07) is 0. The molecule has 0 saturated carbocycles. The van der Waals surface area contributed by atoms with Gasteiger partial charge in [-0.15, -0.1) is 0 Å². The van der Waals surface area contributed by atoms with Gasteiger partial charge in [0.1, 0.15) is 0 Å². The van der Waals surface area contributed by atoms with Crippen LogP contribution in [0.3, 0.4) is 0 Å². The van der Waals surface area contributed by atoms with Gasteiger partial charge in [-0.25, -0.2) is 0 Å². The van der Waals surface area contributed by atoms with Crippen LogP contribution in [0.2, 0.25) is 0 Å². The summed E-state index contributed by atoms with van der Waals surface area (Å²) in [4.78, 5) is 139. The van der Waals surface area contributed by atoms with Crippen LogP contribution >= 0.6 is 0 Å². The highest BCUT2D eigenvalue weighted by atomic mass is 16.2. The molecule has 0 atom stereocenters. The zero-order chi connectivity index (χ0) is 76.1. The van der Waals surface area contributed by atoms with Crippen LogP contribution in [-0.4, -0.2) is 193 Å². The van der Waals surface area contributed by atoms with Gasteiger partial charge in [0.15, 0.2) is 0 Å². The molecule has 20 nitrogen and oxygen atoms in total. The fourth-order valence-electron chi connectivity index (χ4n) is 12.5. The van der Waals surface area contributed by atoms with Crippen molar-refractivity contribution in [2.24, 2.45) is 0 Å². The van der Waals surface area contributed by atoms with Crippen LogP contribution in [0.4, 0.5) is 28.4 Å². The summed E-state index contributed by atoms with van der Waals surface area (Å²) >= 11 is 0. The van der Waals surface area contributed by atoms with Crippen LogP contribution in [0, 0.1) is 0 Å². The molecule has 0 saturated heterocycles. The summed E-state index contributed by atoms with van der Waals surface area (Å²) in [6.45, 7) is 58.1. The first kappa shape index (κ1) is 90.2. The molecule has 0 N–H and O–H groups in total. The van der Waals surface area contributed by atoms with Crippen molar-refractivity contribution in [2.45, 2.75) is 217 Å². The summed E-state index contributed by atoms with van der Waals surface area (Å²) in [5.74, 6) is 0. The van der Waals surface area contributed by atoms with Crippen molar-refractivity contribution >= 4 is 28.4 Å². The Balaban J connectivity index is 0.000000613. The predicted molar refractivity (Wildman–Crippen MR) is 419 cm³/mol. The maximum absolute atomic E-state index is 11.9. The van der Waals surface area contributed by atoms with Crippen molar-refractivity contribution < 1.29 is 0 Å². The van der Waals surface area contributed by atoms with Crippen molar-refractivity contribution in [1.82, 2.24) is 24.5 Å². The summed E-state index contributed by atoms with van der Waals surface area (Å²) in [5, 5.41) is 0. The van der Waals surface area contributed by atoms with E-state index in [1.54, 1.807) is 0 Å². The minimum absolute atomic E-state index is 0.254. The summed E-state index contributed by atoms with van der Waals surface area (Å²) in [6.07, 6.45) is 7.28. The van der Waals surface area contributed by atoms with Crippen LogP contribution in [-0.2, 0) is 27.1 Å².